The summed E-state index contributed by atoms with van der Waals surface area (Å²) in [7, 11) is 3.28. The minimum atomic E-state index is -0.750. The van der Waals surface area contributed by atoms with Crippen molar-refractivity contribution >= 4 is 29.1 Å². The third-order valence-corrected chi connectivity index (χ3v) is 8.11. The summed E-state index contributed by atoms with van der Waals surface area (Å²) >= 11 is 0. The van der Waals surface area contributed by atoms with E-state index in [1.165, 1.54) is 18.5 Å². The number of piperidine rings is 2. The highest BCUT2D eigenvalue weighted by Gasteiger charge is 2.29. The molecule has 3 aliphatic rings. The Morgan fingerprint density at radius 3 is 2.48 bits per heavy atom. The Hall–Kier alpha value is -3.86. The van der Waals surface area contributed by atoms with E-state index in [0.717, 1.165) is 57.3 Å². The number of carbonyl (C=O) groups excluding carboxylic acids is 3. The molecule has 1 unspecified atom stereocenters. The van der Waals surface area contributed by atoms with Crippen LogP contribution in [0.25, 0.3) is 0 Å². The average Bonchev–Trinajstić information content (AvgIpc) is 2.99. The molecule has 3 fully saturated rings. The molecule has 2 N–H and O–H groups in total. The number of imide groups is 1. The van der Waals surface area contributed by atoms with Crippen molar-refractivity contribution in [2.24, 2.45) is 5.92 Å². The van der Waals surface area contributed by atoms with Crippen LogP contribution in [0.1, 0.15) is 36.2 Å². The minimum absolute atomic E-state index is 0.171. The number of nitrogens with one attached hydrogen (secondary N) is 2. The van der Waals surface area contributed by atoms with Gasteiger partial charge in [0.1, 0.15) is 23.2 Å². The molecule has 214 valence electrons. The molecule has 0 radical (unpaired) electrons. The summed E-state index contributed by atoms with van der Waals surface area (Å²) in [6, 6.07) is 9.16. The van der Waals surface area contributed by atoms with Crippen LogP contribution in [0, 0.1) is 5.92 Å². The Labute approximate surface area is 234 Å². The lowest BCUT2D eigenvalue weighted by atomic mass is 9.95. The fourth-order valence-electron chi connectivity index (χ4n) is 5.74. The molecule has 3 saturated heterocycles. The first-order chi connectivity index (χ1) is 19.4. The summed E-state index contributed by atoms with van der Waals surface area (Å²) < 4.78 is 11.0. The SMILES string of the molecule is COc1cccc(N2CCC(CN3CCN(c4cnc(C(=O)NC5CCC(=O)NC5=O)cc4OC)CC3)CC2)c1. The lowest BCUT2D eigenvalue weighted by Crippen LogP contribution is -2.52. The highest BCUT2D eigenvalue weighted by Crippen LogP contribution is 2.30. The van der Waals surface area contributed by atoms with Crippen molar-refractivity contribution in [1.29, 1.82) is 0 Å². The number of hydrogen-bond acceptors (Lipinski definition) is 9. The second-order valence-electron chi connectivity index (χ2n) is 10.6. The Morgan fingerprint density at radius 2 is 1.77 bits per heavy atom. The molecular weight excluding hydrogens is 512 g/mol. The quantitative estimate of drug-likeness (QED) is 0.474. The highest BCUT2D eigenvalue weighted by molar-refractivity contribution is 6.03. The zero-order valence-electron chi connectivity index (χ0n) is 23.2. The molecule has 11 heteroatoms. The van der Waals surface area contributed by atoms with Gasteiger partial charge in [0.05, 0.1) is 26.1 Å². The van der Waals surface area contributed by atoms with Crippen LogP contribution in [0.15, 0.2) is 36.5 Å². The molecule has 0 spiro atoms. The van der Waals surface area contributed by atoms with Crippen LogP contribution in [0.2, 0.25) is 0 Å². The van der Waals surface area contributed by atoms with E-state index in [1.54, 1.807) is 26.5 Å². The fourth-order valence-corrected chi connectivity index (χ4v) is 5.74. The van der Waals surface area contributed by atoms with Crippen molar-refractivity contribution in [3.05, 3.63) is 42.2 Å². The standard InChI is InChI=1S/C29H38N6O5/c1-39-22-5-3-4-21(16-22)34-10-8-20(9-11-34)19-33-12-14-35(15-13-33)25-18-30-24(17-26(25)40-2)29(38)31-23-6-7-27(36)32-28(23)37/h3-5,16-18,20,23H,6-15,19H2,1-2H3,(H,31,38)(H,32,36,37). The first-order valence-corrected chi connectivity index (χ1v) is 14.0. The Kier molecular flexibility index (Phi) is 8.69. The van der Waals surface area contributed by atoms with Gasteiger partial charge in [-0.2, -0.15) is 0 Å². The number of ether oxygens (including phenoxy) is 2. The average molecular weight is 551 g/mol. The van der Waals surface area contributed by atoms with Crippen LogP contribution in [-0.4, -0.2) is 93.7 Å². The van der Waals surface area contributed by atoms with E-state index in [0.29, 0.717) is 11.7 Å². The second kappa shape index (κ2) is 12.5. The van der Waals surface area contributed by atoms with E-state index in [1.807, 2.05) is 12.1 Å². The molecule has 11 nitrogen and oxygen atoms in total. The second-order valence-corrected chi connectivity index (χ2v) is 10.6. The van der Waals surface area contributed by atoms with Crippen molar-refractivity contribution in [1.82, 2.24) is 20.5 Å². The first kappa shape index (κ1) is 27.7. The minimum Gasteiger partial charge on any atom is -0.497 e. The summed E-state index contributed by atoms with van der Waals surface area (Å²) in [6.45, 7) is 6.84. The predicted molar refractivity (Wildman–Crippen MR) is 151 cm³/mol. The van der Waals surface area contributed by atoms with Gasteiger partial charge in [0.25, 0.3) is 5.91 Å². The van der Waals surface area contributed by atoms with E-state index in [9.17, 15) is 14.4 Å². The number of piperazine rings is 1. The Balaban J connectivity index is 1.10. The third-order valence-electron chi connectivity index (χ3n) is 8.11. The van der Waals surface area contributed by atoms with Crippen molar-refractivity contribution in [3.8, 4) is 11.5 Å². The number of amides is 3. The summed E-state index contributed by atoms with van der Waals surface area (Å²) in [4.78, 5) is 47.7. The van der Waals surface area contributed by atoms with Crippen molar-refractivity contribution in [2.75, 3.05) is 69.8 Å². The van der Waals surface area contributed by atoms with Crippen LogP contribution >= 0.6 is 0 Å². The van der Waals surface area contributed by atoms with E-state index >= 15 is 0 Å². The van der Waals surface area contributed by atoms with Gasteiger partial charge in [0, 0.05) is 70.1 Å². The van der Waals surface area contributed by atoms with Gasteiger partial charge < -0.3 is 24.6 Å². The lowest BCUT2D eigenvalue weighted by molar-refractivity contribution is -0.134. The zero-order valence-corrected chi connectivity index (χ0v) is 23.2. The van der Waals surface area contributed by atoms with Gasteiger partial charge in [-0.1, -0.05) is 6.07 Å². The third kappa shape index (κ3) is 6.47. The molecule has 4 heterocycles. The number of hydrogen-bond donors (Lipinski definition) is 2. The monoisotopic (exact) mass is 550 g/mol. The number of rotatable bonds is 8. The highest BCUT2D eigenvalue weighted by atomic mass is 16.5. The number of pyridine rings is 1. The van der Waals surface area contributed by atoms with Crippen LogP contribution in [-0.2, 0) is 9.59 Å². The Morgan fingerprint density at radius 1 is 1.00 bits per heavy atom. The maximum absolute atomic E-state index is 12.7. The first-order valence-electron chi connectivity index (χ1n) is 14.0. The maximum Gasteiger partial charge on any atom is 0.270 e. The van der Waals surface area contributed by atoms with Crippen LogP contribution in [0.3, 0.4) is 0 Å². The van der Waals surface area contributed by atoms with E-state index in [2.05, 4.69) is 42.5 Å². The van der Waals surface area contributed by atoms with Gasteiger partial charge in [0.15, 0.2) is 0 Å². The number of carbonyl (C=O) groups is 3. The van der Waals surface area contributed by atoms with E-state index < -0.39 is 17.9 Å². The van der Waals surface area contributed by atoms with Gasteiger partial charge in [0.2, 0.25) is 11.8 Å². The Bertz CT molecular complexity index is 1220. The number of anilines is 2. The summed E-state index contributed by atoms with van der Waals surface area (Å²) in [6.07, 6.45) is 4.50. The molecule has 1 aromatic heterocycles. The molecule has 3 amide bonds. The van der Waals surface area contributed by atoms with Gasteiger partial charge in [-0.25, -0.2) is 4.98 Å². The molecule has 0 saturated carbocycles. The lowest BCUT2D eigenvalue weighted by Gasteiger charge is -2.40. The molecule has 2 aromatic rings. The van der Waals surface area contributed by atoms with E-state index in [-0.39, 0.29) is 24.4 Å². The molecule has 3 aliphatic heterocycles. The van der Waals surface area contributed by atoms with Crippen LogP contribution in [0.5, 0.6) is 11.5 Å². The molecule has 1 aromatic carbocycles. The van der Waals surface area contributed by atoms with Crippen molar-refractivity contribution in [3.63, 3.8) is 0 Å². The number of benzene rings is 1. The molecule has 0 bridgehead atoms. The normalized spacial score (nSPS) is 20.7. The summed E-state index contributed by atoms with van der Waals surface area (Å²) in [5.74, 6) is 0.868. The number of methoxy groups -OCH3 is 2. The van der Waals surface area contributed by atoms with Gasteiger partial charge in [-0.3, -0.25) is 24.6 Å². The molecule has 0 aliphatic carbocycles. The van der Waals surface area contributed by atoms with Gasteiger partial charge in [-0.15, -0.1) is 0 Å². The topological polar surface area (TPSA) is 116 Å². The van der Waals surface area contributed by atoms with Crippen molar-refractivity contribution in [2.45, 2.75) is 31.7 Å². The van der Waals surface area contributed by atoms with Crippen LogP contribution in [0.4, 0.5) is 11.4 Å². The molecule has 1 atom stereocenters. The smallest absolute Gasteiger partial charge is 0.270 e. The van der Waals surface area contributed by atoms with Gasteiger partial charge >= 0.3 is 0 Å². The molecular formula is C29H38N6O5. The maximum atomic E-state index is 12.7. The van der Waals surface area contributed by atoms with Gasteiger partial charge in [-0.05, 0) is 37.3 Å². The molecule has 40 heavy (non-hydrogen) atoms. The van der Waals surface area contributed by atoms with Crippen LogP contribution < -0.4 is 29.9 Å². The number of aromatic nitrogens is 1. The summed E-state index contributed by atoms with van der Waals surface area (Å²) in [5.41, 5.74) is 2.25. The predicted octanol–water partition coefficient (Wildman–Crippen LogP) is 1.67. The zero-order chi connectivity index (χ0) is 28.1. The van der Waals surface area contributed by atoms with E-state index in [4.69, 9.17) is 9.47 Å². The largest absolute Gasteiger partial charge is 0.497 e. The van der Waals surface area contributed by atoms with Crippen molar-refractivity contribution < 1.29 is 23.9 Å². The molecule has 5 rings (SSSR count). The fraction of sp³-hybridized carbons (Fsp3) is 0.517. The number of nitrogens with zero attached hydrogens (tertiary/aromatic N) is 4. The summed E-state index contributed by atoms with van der Waals surface area (Å²) in [5, 5.41) is 4.92.